The Labute approximate surface area is 102 Å². The zero-order chi connectivity index (χ0) is 12.5. The Morgan fingerprint density at radius 2 is 1.94 bits per heavy atom. The molecule has 2 amide bonds. The summed E-state index contributed by atoms with van der Waals surface area (Å²) in [6.07, 6.45) is 1.94. The molecular weight excluding hydrogens is 220 g/mol. The minimum Gasteiger partial charge on any atom is -0.370 e. The van der Waals surface area contributed by atoms with Gasteiger partial charge in [0, 0.05) is 39.1 Å². The van der Waals surface area contributed by atoms with Crippen molar-refractivity contribution in [3.05, 3.63) is 0 Å². The van der Waals surface area contributed by atoms with Crippen LogP contribution >= 0.6 is 0 Å². The number of hydrogen-bond donors (Lipinski definition) is 3. The maximum absolute atomic E-state index is 11.5. The van der Waals surface area contributed by atoms with Crippen LogP contribution in [0.5, 0.6) is 0 Å². The van der Waals surface area contributed by atoms with Crippen LogP contribution in [-0.4, -0.2) is 56.0 Å². The average Bonchev–Trinajstić information content (AvgIpc) is 2.29. The van der Waals surface area contributed by atoms with Gasteiger partial charge in [-0.2, -0.15) is 0 Å². The smallest absolute Gasteiger partial charge is 0.234 e. The van der Waals surface area contributed by atoms with Crippen molar-refractivity contribution in [1.29, 1.82) is 0 Å². The average molecular weight is 242 g/mol. The van der Waals surface area contributed by atoms with E-state index in [0.717, 1.165) is 39.0 Å². The summed E-state index contributed by atoms with van der Waals surface area (Å²) in [5.74, 6) is -0.219. The molecular formula is C11H22N4O2. The summed E-state index contributed by atoms with van der Waals surface area (Å²) < 4.78 is 0. The van der Waals surface area contributed by atoms with Crippen LogP contribution in [0.15, 0.2) is 0 Å². The van der Waals surface area contributed by atoms with E-state index in [4.69, 9.17) is 5.73 Å². The van der Waals surface area contributed by atoms with Crippen LogP contribution in [0.3, 0.4) is 0 Å². The summed E-state index contributed by atoms with van der Waals surface area (Å²) >= 11 is 0. The highest BCUT2D eigenvalue weighted by molar-refractivity contribution is 5.78. The third kappa shape index (κ3) is 6.91. The van der Waals surface area contributed by atoms with E-state index in [2.05, 4.69) is 15.5 Å². The van der Waals surface area contributed by atoms with Gasteiger partial charge in [0.25, 0.3) is 0 Å². The molecule has 1 heterocycles. The Kier molecular flexibility index (Phi) is 6.57. The lowest BCUT2D eigenvalue weighted by Crippen LogP contribution is -2.47. The van der Waals surface area contributed by atoms with Gasteiger partial charge in [0.05, 0.1) is 6.54 Å². The molecule has 6 heteroatoms. The summed E-state index contributed by atoms with van der Waals surface area (Å²) in [5.41, 5.74) is 5.02. The lowest BCUT2D eigenvalue weighted by Gasteiger charge is -2.26. The van der Waals surface area contributed by atoms with E-state index in [0.29, 0.717) is 19.5 Å². The highest BCUT2D eigenvalue weighted by Crippen LogP contribution is 1.94. The summed E-state index contributed by atoms with van der Waals surface area (Å²) in [6, 6.07) is 0. The van der Waals surface area contributed by atoms with Gasteiger partial charge in [-0.25, -0.2) is 0 Å². The topological polar surface area (TPSA) is 87.5 Å². The number of carbonyl (C=O) groups excluding carboxylic acids is 2. The van der Waals surface area contributed by atoms with Gasteiger partial charge in [-0.05, 0) is 12.8 Å². The molecule has 1 fully saturated rings. The summed E-state index contributed by atoms with van der Waals surface area (Å²) in [7, 11) is 0. The van der Waals surface area contributed by atoms with Crippen LogP contribution in [0.25, 0.3) is 0 Å². The van der Waals surface area contributed by atoms with Gasteiger partial charge in [0.15, 0.2) is 0 Å². The van der Waals surface area contributed by atoms with Crippen LogP contribution in [-0.2, 0) is 9.59 Å². The summed E-state index contributed by atoms with van der Waals surface area (Å²) in [6.45, 7) is 4.84. The molecule has 0 saturated carbocycles. The molecule has 0 unspecified atom stereocenters. The van der Waals surface area contributed by atoms with Crippen LogP contribution < -0.4 is 16.4 Å². The zero-order valence-corrected chi connectivity index (χ0v) is 10.2. The number of nitrogens with one attached hydrogen (secondary N) is 2. The van der Waals surface area contributed by atoms with Crippen molar-refractivity contribution in [3.8, 4) is 0 Å². The summed E-state index contributed by atoms with van der Waals surface area (Å²) in [4.78, 5) is 24.2. The number of nitrogens with zero attached hydrogens (tertiary/aromatic N) is 1. The van der Waals surface area contributed by atoms with Crippen LogP contribution in [0.1, 0.15) is 19.3 Å². The lowest BCUT2D eigenvalue weighted by molar-refractivity contribution is -0.122. The number of piperazine rings is 1. The predicted molar refractivity (Wildman–Crippen MR) is 65.4 cm³/mol. The molecule has 1 rings (SSSR count). The Morgan fingerprint density at radius 3 is 2.59 bits per heavy atom. The highest BCUT2D eigenvalue weighted by Gasteiger charge is 2.12. The van der Waals surface area contributed by atoms with Crippen LogP contribution in [0.2, 0.25) is 0 Å². The number of hydrogen-bond acceptors (Lipinski definition) is 4. The first-order valence-electron chi connectivity index (χ1n) is 6.16. The number of nitrogens with two attached hydrogens (primary N) is 1. The molecule has 1 aliphatic rings. The molecule has 0 aliphatic carbocycles. The molecule has 17 heavy (non-hydrogen) atoms. The Hall–Kier alpha value is -1.14. The van der Waals surface area contributed by atoms with Crippen molar-refractivity contribution in [2.24, 2.45) is 5.73 Å². The molecule has 1 saturated heterocycles. The molecule has 6 nitrogen and oxygen atoms in total. The summed E-state index contributed by atoms with van der Waals surface area (Å²) in [5, 5.41) is 6.09. The van der Waals surface area contributed by atoms with Crippen LogP contribution in [0, 0.1) is 0 Å². The fourth-order valence-electron chi connectivity index (χ4n) is 1.78. The monoisotopic (exact) mass is 242 g/mol. The maximum atomic E-state index is 11.5. The molecule has 98 valence electrons. The number of unbranched alkanes of at least 4 members (excludes halogenated alkanes) is 1. The second kappa shape index (κ2) is 8.03. The zero-order valence-electron chi connectivity index (χ0n) is 10.2. The fourth-order valence-corrected chi connectivity index (χ4v) is 1.78. The van der Waals surface area contributed by atoms with Crippen LogP contribution in [0.4, 0.5) is 0 Å². The van der Waals surface area contributed by atoms with Crippen molar-refractivity contribution in [3.63, 3.8) is 0 Å². The molecule has 0 radical (unpaired) electrons. The second-order valence-electron chi connectivity index (χ2n) is 4.30. The number of amides is 2. The molecule has 0 aromatic heterocycles. The Bertz CT molecular complexity index is 252. The van der Waals surface area contributed by atoms with Crippen molar-refractivity contribution in [1.82, 2.24) is 15.5 Å². The van der Waals surface area contributed by atoms with E-state index in [9.17, 15) is 9.59 Å². The lowest BCUT2D eigenvalue weighted by atomic mass is 10.2. The van der Waals surface area contributed by atoms with E-state index in [1.165, 1.54) is 0 Å². The van der Waals surface area contributed by atoms with Crippen molar-refractivity contribution < 1.29 is 9.59 Å². The van der Waals surface area contributed by atoms with Gasteiger partial charge in [0.2, 0.25) is 11.8 Å². The first kappa shape index (κ1) is 13.9. The van der Waals surface area contributed by atoms with Gasteiger partial charge in [0.1, 0.15) is 0 Å². The predicted octanol–water partition coefficient (Wildman–Crippen LogP) is -1.34. The van der Waals surface area contributed by atoms with Gasteiger partial charge in [-0.3, -0.25) is 14.5 Å². The second-order valence-corrected chi connectivity index (χ2v) is 4.30. The van der Waals surface area contributed by atoms with Crippen molar-refractivity contribution in [2.75, 3.05) is 39.3 Å². The van der Waals surface area contributed by atoms with E-state index < -0.39 is 0 Å². The van der Waals surface area contributed by atoms with E-state index >= 15 is 0 Å². The minimum absolute atomic E-state index is 0.0611. The van der Waals surface area contributed by atoms with Gasteiger partial charge in [-0.15, -0.1) is 0 Å². The highest BCUT2D eigenvalue weighted by atomic mass is 16.2. The minimum atomic E-state index is -0.280. The normalized spacial score (nSPS) is 16.7. The fraction of sp³-hybridized carbons (Fsp3) is 0.818. The molecule has 0 bridgehead atoms. The SMILES string of the molecule is NC(=O)CCCCNC(=O)CN1CCNCC1. The third-order valence-corrected chi connectivity index (χ3v) is 2.75. The standard InChI is InChI=1S/C11H22N4O2/c12-10(16)3-1-2-4-14-11(17)9-15-7-5-13-6-8-15/h13H,1-9H2,(H2,12,16)(H,14,17). The number of carbonyl (C=O) groups is 2. The molecule has 0 spiro atoms. The van der Waals surface area contributed by atoms with Crippen molar-refractivity contribution in [2.45, 2.75) is 19.3 Å². The van der Waals surface area contributed by atoms with E-state index in [-0.39, 0.29) is 11.8 Å². The first-order chi connectivity index (χ1) is 8.18. The first-order valence-corrected chi connectivity index (χ1v) is 6.16. The maximum Gasteiger partial charge on any atom is 0.234 e. The molecule has 0 atom stereocenters. The quantitative estimate of drug-likeness (QED) is 0.482. The number of primary amides is 1. The molecule has 1 aliphatic heterocycles. The van der Waals surface area contributed by atoms with E-state index in [1.807, 2.05) is 0 Å². The van der Waals surface area contributed by atoms with E-state index in [1.54, 1.807) is 0 Å². The van der Waals surface area contributed by atoms with Gasteiger partial charge >= 0.3 is 0 Å². The van der Waals surface area contributed by atoms with Gasteiger partial charge < -0.3 is 16.4 Å². The number of rotatable bonds is 7. The Balaban J connectivity index is 1.98. The van der Waals surface area contributed by atoms with Crippen molar-refractivity contribution >= 4 is 11.8 Å². The molecule has 4 N–H and O–H groups in total. The Morgan fingerprint density at radius 1 is 1.24 bits per heavy atom. The third-order valence-electron chi connectivity index (χ3n) is 2.75. The molecule has 0 aromatic rings. The largest absolute Gasteiger partial charge is 0.370 e. The molecule has 0 aromatic carbocycles. The van der Waals surface area contributed by atoms with Gasteiger partial charge in [-0.1, -0.05) is 0 Å².